The molecule has 1 N–H and O–H groups in total. The number of hydrogen-bond donors (Lipinski definition) is 1. The summed E-state index contributed by atoms with van der Waals surface area (Å²) in [5.41, 5.74) is 4.05. The largest absolute Gasteiger partial charge is 0.313 e. The van der Waals surface area contributed by atoms with Gasteiger partial charge in [0.25, 0.3) is 0 Å². The highest BCUT2D eigenvalue weighted by atomic mass is 79.9. The molecule has 0 unspecified atom stereocenters. The fraction of sp³-hybridized carbons (Fsp3) is 0.333. The van der Waals surface area contributed by atoms with Crippen LogP contribution in [0.25, 0.3) is 0 Å². The third-order valence-corrected chi connectivity index (χ3v) is 3.86. The Bertz CT molecular complexity index is 569. The van der Waals surface area contributed by atoms with E-state index in [1.165, 1.54) is 16.7 Å². The highest BCUT2D eigenvalue weighted by Crippen LogP contribution is 2.14. The van der Waals surface area contributed by atoms with E-state index in [9.17, 15) is 0 Å². The zero-order valence-electron chi connectivity index (χ0n) is 12.8. The van der Waals surface area contributed by atoms with Crippen molar-refractivity contribution in [3.05, 3.63) is 69.7 Å². The summed E-state index contributed by atoms with van der Waals surface area (Å²) < 4.78 is 1.14. The molecule has 0 saturated carbocycles. The second-order valence-corrected chi connectivity index (χ2v) is 6.32. The molecule has 21 heavy (non-hydrogen) atoms. The first-order valence-electron chi connectivity index (χ1n) is 7.39. The van der Waals surface area contributed by atoms with E-state index in [4.69, 9.17) is 0 Å². The lowest BCUT2D eigenvalue weighted by molar-refractivity contribution is 0.319. The van der Waals surface area contributed by atoms with E-state index in [0.29, 0.717) is 0 Å². The lowest BCUT2D eigenvalue weighted by Crippen LogP contribution is -2.17. The van der Waals surface area contributed by atoms with Crippen LogP contribution in [-0.2, 0) is 19.6 Å². The fourth-order valence-electron chi connectivity index (χ4n) is 2.42. The molecule has 0 amide bonds. The topological polar surface area (TPSA) is 15.3 Å². The minimum absolute atomic E-state index is 0.944. The highest BCUT2D eigenvalue weighted by molar-refractivity contribution is 9.10. The van der Waals surface area contributed by atoms with Gasteiger partial charge in [-0.05, 0) is 42.4 Å². The zero-order chi connectivity index (χ0) is 15.1. The Kier molecular flexibility index (Phi) is 6.43. The molecule has 0 fully saturated rings. The molecule has 0 aromatic heterocycles. The summed E-state index contributed by atoms with van der Waals surface area (Å²) in [7, 11) is 2.16. The van der Waals surface area contributed by atoms with Crippen molar-refractivity contribution >= 4 is 15.9 Å². The van der Waals surface area contributed by atoms with E-state index in [1.807, 2.05) is 0 Å². The van der Waals surface area contributed by atoms with Crippen molar-refractivity contribution in [1.82, 2.24) is 10.2 Å². The quantitative estimate of drug-likeness (QED) is 0.808. The Morgan fingerprint density at radius 2 is 1.57 bits per heavy atom. The van der Waals surface area contributed by atoms with Gasteiger partial charge in [0.2, 0.25) is 0 Å². The first kappa shape index (κ1) is 16.2. The number of rotatable bonds is 7. The highest BCUT2D eigenvalue weighted by Gasteiger charge is 2.03. The fourth-order valence-corrected chi connectivity index (χ4v) is 2.87. The zero-order valence-corrected chi connectivity index (χ0v) is 14.4. The van der Waals surface area contributed by atoms with Gasteiger partial charge >= 0.3 is 0 Å². The Hall–Kier alpha value is -1.16. The number of benzene rings is 2. The van der Waals surface area contributed by atoms with Crippen molar-refractivity contribution in [3.63, 3.8) is 0 Å². The van der Waals surface area contributed by atoms with E-state index in [0.717, 1.165) is 30.7 Å². The van der Waals surface area contributed by atoms with Crippen molar-refractivity contribution in [3.8, 4) is 0 Å². The molecule has 2 rings (SSSR count). The summed E-state index contributed by atoms with van der Waals surface area (Å²) in [6.45, 7) is 6.01. The molecule has 0 bridgehead atoms. The second-order valence-electron chi connectivity index (χ2n) is 5.40. The van der Waals surface area contributed by atoms with Crippen LogP contribution in [0.3, 0.4) is 0 Å². The first-order chi connectivity index (χ1) is 10.2. The molecule has 3 heteroatoms. The molecule has 0 heterocycles. The van der Waals surface area contributed by atoms with Gasteiger partial charge in [0.1, 0.15) is 0 Å². The summed E-state index contributed by atoms with van der Waals surface area (Å²) in [6.07, 6.45) is 0. The Morgan fingerprint density at radius 1 is 0.952 bits per heavy atom. The Balaban J connectivity index is 1.94. The van der Waals surface area contributed by atoms with Gasteiger partial charge in [-0.25, -0.2) is 0 Å². The second kappa shape index (κ2) is 8.32. The van der Waals surface area contributed by atoms with E-state index >= 15 is 0 Å². The number of halogens is 1. The summed E-state index contributed by atoms with van der Waals surface area (Å²) in [6, 6.07) is 17.3. The summed E-state index contributed by atoms with van der Waals surface area (Å²) in [4.78, 5) is 2.34. The van der Waals surface area contributed by atoms with Crippen LogP contribution in [0, 0.1) is 0 Å². The molecule has 0 spiro atoms. The maximum absolute atomic E-state index is 3.53. The van der Waals surface area contributed by atoms with Gasteiger partial charge in [-0.2, -0.15) is 0 Å². The lowest BCUT2D eigenvalue weighted by atomic mass is 10.1. The third-order valence-electron chi connectivity index (χ3n) is 3.36. The predicted octanol–water partition coefficient (Wildman–Crippen LogP) is 4.19. The molecule has 0 atom stereocenters. The van der Waals surface area contributed by atoms with Crippen LogP contribution in [0.2, 0.25) is 0 Å². The lowest BCUT2D eigenvalue weighted by Gasteiger charge is -2.17. The van der Waals surface area contributed by atoms with Crippen LogP contribution in [-0.4, -0.2) is 18.5 Å². The molecular weight excluding hydrogens is 324 g/mol. The van der Waals surface area contributed by atoms with Crippen molar-refractivity contribution in [2.75, 3.05) is 13.6 Å². The number of hydrogen-bond acceptors (Lipinski definition) is 2. The van der Waals surface area contributed by atoms with Gasteiger partial charge in [0.05, 0.1) is 0 Å². The van der Waals surface area contributed by atoms with E-state index in [-0.39, 0.29) is 0 Å². The number of nitrogens with zero attached hydrogens (tertiary/aromatic N) is 1. The van der Waals surface area contributed by atoms with Crippen LogP contribution in [0.4, 0.5) is 0 Å². The molecule has 2 nitrogen and oxygen atoms in total. The molecule has 0 saturated heterocycles. The standard InChI is InChI=1S/C18H23BrN2/c1-3-20-12-15-6-4-7-16(10-15)13-21(2)14-17-8-5-9-18(19)11-17/h4-11,20H,3,12-14H2,1-2H3. The van der Waals surface area contributed by atoms with Gasteiger partial charge < -0.3 is 5.32 Å². The summed E-state index contributed by atoms with van der Waals surface area (Å²) >= 11 is 3.53. The molecule has 0 aliphatic heterocycles. The first-order valence-corrected chi connectivity index (χ1v) is 8.18. The van der Waals surface area contributed by atoms with Crippen LogP contribution < -0.4 is 5.32 Å². The molecular formula is C18H23BrN2. The molecule has 2 aromatic carbocycles. The van der Waals surface area contributed by atoms with Crippen molar-refractivity contribution in [2.45, 2.75) is 26.6 Å². The van der Waals surface area contributed by atoms with E-state index in [2.05, 4.69) is 88.6 Å². The molecule has 0 aliphatic rings. The van der Waals surface area contributed by atoms with Crippen LogP contribution in [0.15, 0.2) is 53.0 Å². The molecule has 0 radical (unpaired) electrons. The van der Waals surface area contributed by atoms with E-state index in [1.54, 1.807) is 0 Å². The number of nitrogens with one attached hydrogen (secondary N) is 1. The van der Waals surface area contributed by atoms with Crippen molar-refractivity contribution < 1.29 is 0 Å². The smallest absolute Gasteiger partial charge is 0.0234 e. The van der Waals surface area contributed by atoms with Gasteiger partial charge in [-0.15, -0.1) is 0 Å². The van der Waals surface area contributed by atoms with Crippen LogP contribution in [0.5, 0.6) is 0 Å². The average Bonchev–Trinajstić information content (AvgIpc) is 2.45. The third kappa shape index (κ3) is 5.62. The monoisotopic (exact) mass is 346 g/mol. The van der Waals surface area contributed by atoms with Crippen LogP contribution in [0.1, 0.15) is 23.6 Å². The summed E-state index contributed by atoms with van der Waals surface area (Å²) in [5.74, 6) is 0. The van der Waals surface area contributed by atoms with Crippen molar-refractivity contribution in [1.29, 1.82) is 0 Å². The minimum atomic E-state index is 0.944. The van der Waals surface area contributed by atoms with Gasteiger partial charge in [0, 0.05) is 24.1 Å². The summed E-state index contributed by atoms with van der Waals surface area (Å²) in [5, 5.41) is 3.37. The molecule has 2 aromatic rings. The average molecular weight is 347 g/mol. The minimum Gasteiger partial charge on any atom is -0.313 e. The van der Waals surface area contributed by atoms with Gasteiger partial charge in [-0.3, -0.25) is 4.90 Å². The van der Waals surface area contributed by atoms with Crippen molar-refractivity contribution in [2.24, 2.45) is 0 Å². The molecule has 112 valence electrons. The maximum atomic E-state index is 3.53. The maximum Gasteiger partial charge on any atom is 0.0234 e. The molecule has 0 aliphatic carbocycles. The Labute approximate surface area is 136 Å². The van der Waals surface area contributed by atoms with E-state index < -0.39 is 0 Å². The van der Waals surface area contributed by atoms with Crippen LogP contribution >= 0.6 is 15.9 Å². The SMILES string of the molecule is CCNCc1cccc(CN(C)Cc2cccc(Br)c2)c1. The predicted molar refractivity (Wildman–Crippen MR) is 93.1 cm³/mol. The Morgan fingerprint density at radius 3 is 2.24 bits per heavy atom. The normalized spacial score (nSPS) is 11.0. The van der Waals surface area contributed by atoms with Gasteiger partial charge in [0.15, 0.2) is 0 Å². The van der Waals surface area contributed by atoms with Gasteiger partial charge in [-0.1, -0.05) is 59.3 Å².